The zero-order valence-electron chi connectivity index (χ0n) is 19.2. The van der Waals surface area contributed by atoms with Crippen LogP contribution in [0.4, 0.5) is 0 Å². The molecule has 0 aromatic heterocycles. The molecule has 170 valence electrons. The molecule has 5 heteroatoms. The second-order valence-electron chi connectivity index (χ2n) is 9.21. The maximum absolute atomic E-state index is 12.9. The van der Waals surface area contributed by atoms with Crippen molar-refractivity contribution in [3.05, 3.63) is 88.5 Å². The molecule has 0 saturated heterocycles. The summed E-state index contributed by atoms with van der Waals surface area (Å²) in [5.41, 5.74) is 3.86. The van der Waals surface area contributed by atoms with Crippen LogP contribution in [-0.2, 0) is 24.4 Å². The van der Waals surface area contributed by atoms with E-state index < -0.39 is 6.10 Å². The lowest BCUT2D eigenvalue weighted by molar-refractivity contribution is 0.0415. The van der Waals surface area contributed by atoms with Gasteiger partial charge in [0.25, 0.3) is 0 Å². The van der Waals surface area contributed by atoms with Gasteiger partial charge in [0, 0.05) is 5.56 Å². The molecule has 2 aliphatic heterocycles. The Morgan fingerprint density at radius 1 is 0.909 bits per heavy atom. The summed E-state index contributed by atoms with van der Waals surface area (Å²) < 4.78 is 24.8. The zero-order valence-corrected chi connectivity index (χ0v) is 19.2. The largest absolute Gasteiger partial charge is 0.484 e. The Morgan fingerprint density at radius 3 is 2.09 bits per heavy atom. The fourth-order valence-corrected chi connectivity index (χ4v) is 4.49. The Bertz CT molecular complexity index is 1170. The maximum atomic E-state index is 12.9. The van der Waals surface area contributed by atoms with Crippen LogP contribution in [0.1, 0.15) is 65.9 Å². The third-order valence-corrected chi connectivity index (χ3v) is 6.20. The van der Waals surface area contributed by atoms with Gasteiger partial charge in [0.1, 0.15) is 24.9 Å². The van der Waals surface area contributed by atoms with Crippen molar-refractivity contribution in [2.24, 2.45) is 0 Å². The quantitative estimate of drug-likeness (QED) is 0.425. The van der Waals surface area contributed by atoms with Gasteiger partial charge in [-0.25, -0.2) is 4.79 Å². The van der Waals surface area contributed by atoms with Crippen LogP contribution in [0, 0.1) is 0 Å². The zero-order chi connectivity index (χ0) is 23.0. The highest BCUT2D eigenvalue weighted by Crippen LogP contribution is 2.54. The van der Waals surface area contributed by atoms with E-state index in [4.69, 9.17) is 18.9 Å². The van der Waals surface area contributed by atoms with Crippen molar-refractivity contribution in [3.63, 3.8) is 0 Å². The van der Waals surface area contributed by atoms with Crippen LogP contribution in [-0.4, -0.2) is 11.6 Å². The number of fused-ring (bicyclic) bond motifs is 3. The van der Waals surface area contributed by atoms with E-state index in [0.717, 1.165) is 28.7 Å². The van der Waals surface area contributed by atoms with Crippen LogP contribution >= 0.6 is 0 Å². The highest BCUT2D eigenvalue weighted by atomic mass is 16.6. The average molecular weight is 445 g/mol. The van der Waals surface area contributed by atoms with Crippen molar-refractivity contribution in [3.8, 4) is 17.2 Å². The average Bonchev–Trinajstić information content (AvgIpc) is 3.11. The van der Waals surface area contributed by atoms with Gasteiger partial charge in [0.15, 0.2) is 11.5 Å². The molecule has 1 unspecified atom stereocenters. The Labute approximate surface area is 194 Å². The van der Waals surface area contributed by atoms with Crippen LogP contribution in [0.5, 0.6) is 17.2 Å². The topological polar surface area (TPSA) is 54.0 Å². The number of carbonyl (C=O) groups is 1. The number of hydrogen-bond donors (Lipinski definition) is 0. The molecule has 0 bridgehead atoms. The SMILES string of the molecule is CC1OC(=O)c2c3c(c(OCc4ccccc4)c(OCc4ccccc4)c21)OC(C)(C)CC3. The van der Waals surface area contributed by atoms with Crippen LogP contribution in [0.2, 0.25) is 0 Å². The molecule has 0 radical (unpaired) electrons. The van der Waals surface area contributed by atoms with Crippen molar-refractivity contribution >= 4 is 5.97 Å². The first-order valence-electron chi connectivity index (χ1n) is 11.4. The number of ether oxygens (including phenoxy) is 4. The number of carbonyl (C=O) groups excluding carboxylic acids is 1. The first-order chi connectivity index (χ1) is 15.9. The normalized spacial score (nSPS) is 18.0. The Morgan fingerprint density at radius 2 is 1.48 bits per heavy atom. The molecule has 5 rings (SSSR count). The summed E-state index contributed by atoms with van der Waals surface area (Å²) in [6, 6.07) is 19.9. The van der Waals surface area contributed by atoms with E-state index in [-0.39, 0.29) is 11.6 Å². The summed E-state index contributed by atoms with van der Waals surface area (Å²) in [7, 11) is 0. The number of rotatable bonds is 6. The third-order valence-electron chi connectivity index (χ3n) is 6.20. The summed E-state index contributed by atoms with van der Waals surface area (Å²) in [6.45, 7) is 6.68. The van der Waals surface area contributed by atoms with E-state index in [1.54, 1.807) is 0 Å². The number of esters is 1. The highest BCUT2D eigenvalue weighted by molar-refractivity contribution is 5.98. The molecule has 2 aliphatic rings. The minimum absolute atomic E-state index is 0.323. The fraction of sp³-hybridized carbons (Fsp3) is 0.321. The molecule has 1 atom stereocenters. The molecule has 0 fully saturated rings. The number of hydrogen-bond acceptors (Lipinski definition) is 5. The van der Waals surface area contributed by atoms with Gasteiger partial charge in [-0.3, -0.25) is 0 Å². The van der Waals surface area contributed by atoms with Gasteiger partial charge in [0.05, 0.1) is 11.1 Å². The van der Waals surface area contributed by atoms with E-state index in [2.05, 4.69) is 13.8 Å². The molecular weight excluding hydrogens is 416 g/mol. The van der Waals surface area contributed by atoms with Crippen LogP contribution in [0.15, 0.2) is 60.7 Å². The molecule has 0 N–H and O–H groups in total. The molecule has 33 heavy (non-hydrogen) atoms. The van der Waals surface area contributed by atoms with Gasteiger partial charge in [0.2, 0.25) is 5.75 Å². The molecule has 0 amide bonds. The molecule has 2 heterocycles. The van der Waals surface area contributed by atoms with Gasteiger partial charge < -0.3 is 18.9 Å². The van der Waals surface area contributed by atoms with Crippen LogP contribution in [0.3, 0.4) is 0 Å². The Balaban J connectivity index is 1.63. The standard InChI is InChI=1S/C28H28O5/c1-18-22-23(27(29)32-18)21-14-15-28(2,3)33-24(21)26(31-17-20-12-8-5-9-13-20)25(22)30-16-19-10-6-4-7-11-19/h4-13,18H,14-17H2,1-3H3. The first-order valence-corrected chi connectivity index (χ1v) is 11.4. The van der Waals surface area contributed by atoms with Gasteiger partial charge in [-0.05, 0) is 44.7 Å². The van der Waals surface area contributed by atoms with Crippen molar-refractivity contribution in [1.82, 2.24) is 0 Å². The number of cyclic esters (lactones) is 1. The van der Waals surface area contributed by atoms with Gasteiger partial charge in [-0.2, -0.15) is 0 Å². The predicted molar refractivity (Wildman–Crippen MR) is 125 cm³/mol. The van der Waals surface area contributed by atoms with Gasteiger partial charge in [-0.15, -0.1) is 0 Å². The minimum Gasteiger partial charge on any atom is -0.484 e. The molecule has 3 aromatic rings. The van der Waals surface area contributed by atoms with Gasteiger partial charge >= 0.3 is 5.97 Å². The Hall–Kier alpha value is -3.47. The maximum Gasteiger partial charge on any atom is 0.339 e. The lowest BCUT2D eigenvalue weighted by Crippen LogP contribution is -2.33. The summed E-state index contributed by atoms with van der Waals surface area (Å²) in [6.07, 6.45) is 1.10. The van der Waals surface area contributed by atoms with E-state index in [0.29, 0.717) is 42.4 Å². The summed E-state index contributed by atoms with van der Waals surface area (Å²) in [4.78, 5) is 12.9. The van der Waals surface area contributed by atoms with E-state index in [1.807, 2.05) is 67.6 Å². The molecule has 5 nitrogen and oxygen atoms in total. The van der Waals surface area contributed by atoms with Gasteiger partial charge in [-0.1, -0.05) is 60.7 Å². The smallest absolute Gasteiger partial charge is 0.339 e. The molecular formula is C28H28O5. The second-order valence-corrected chi connectivity index (χ2v) is 9.21. The summed E-state index contributed by atoms with van der Waals surface area (Å²) in [5.74, 6) is 1.34. The van der Waals surface area contributed by atoms with Crippen molar-refractivity contribution in [2.75, 3.05) is 0 Å². The van der Waals surface area contributed by atoms with E-state index in [1.165, 1.54) is 0 Å². The van der Waals surface area contributed by atoms with Crippen molar-refractivity contribution in [2.45, 2.75) is 58.5 Å². The second kappa shape index (κ2) is 8.47. The minimum atomic E-state index is -0.419. The van der Waals surface area contributed by atoms with E-state index in [9.17, 15) is 4.79 Å². The highest BCUT2D eigenvalue weighted by Gasteiger charge is 2.42. The lowest BCUT2D eigenvalue weighted by atomic mass is 9.88. The summed E-state index contributed by atoms with van der Waals surface area (Å²) >= 11 is 0. The first kappa shape index (κ1) is 21.4. The molecule has 0 aliphatic carbocycles. The monoisotopic (exact) mass is 444 g/mol. The fourth-order valence-electron chi connectivity index (χ4n) is 4.49. The molecule has 3 aromatic carbocycles. The van der Waals surface area contributed by atoms with Crippen molar-refractivity contribution < 1.29 is 23.7 Å². The number of benzene rings is 3. The summed E-state index contributed by atoms with van der Waals surface area (Å²) in [5, 5.41) is 0. The predicted octanol–water partition coefficient (Wildman–Crippen LogP) is 6.18. The van der Waals surface area contributed by atoms with Crippen molar-refractivity contribution in [1.29, 1.82) is 0 Å². The lowest BCUT2D eigenvalue weighted by Gasteiger charge is -2.35. The molecule has 0 spiro atoms. The van der Waals surface area contributed by atoms with Crippen LogP contribution < -0.4 is 14.2 Å². The van der Waals surface area contributed by atoms with E-state index >= 15 is 0 Å². The Kier molecular flexibility index (Phi) is 5.49. The molecule has 0 saturated carbocycles. The third kappa shape index (κ3) is 4.15. The van der Waals surface area contributed by atoms with Crippen LogP contribution in [0.25, 0.3) is 0 Å².